The summed E-state index contributed by atoms with van der Waals surface area (Å²) in [6.07, 6.45) is 0.728. The van der Waals surface area contributed by atoms with E-state index >= 15 is 0 Å². The molecule has 1 aliphatic heterocycles. The molecule has 98 heavy (non-hydrogen) atoms. The summed E-state index contributed by atoms with van der Waals surface area (Å²) in [5.41, 5.74) is 11.1. The molecule has 570 valence electrons. The van der Waals surface area contributed by atoms with E-state index in [0.717, 1.165) is 23.8 Å². The maximum Gasteiger partial charge on any atom is 0.335 e. The van der Waals surface area contributed by atoms with E-state index in [0.29, 0.717) is 26.9 Å². The van der Waals surface area contributed by atoms with Gasteiger partial charge in [0.05, 0.1) is 11.7 Å². The predicted octanol–water partition coefficient (Wildman–Crippen LogP) is 30.6. The zero-order valence-corrected chi connectivity index (χ0v) is 70.2. The summed E-state index contributed by atoms with van der Waals surface area (Å²) < 4.78 is 0.643. The fourth-order valence-corrected chi connectivity index (χ4v) is 17.3. The summed E-state index contributed by atoms with van der Waals surface area (Å²) in [5, 5.41) is 19.0. The Bertz CT molecular complexity index is 2870. The van der Waals surface area contributed by atoms with Crippen LogP contribution < -0.4 is 0 Å². The van der Waals surface area contributed by atoms with Gasteiger partial charge in [-0.05, 0) is 205 Å². The van der Waals surface area contributed by atoms with Crippen molar-refractivity contribution in [3.8, 4) is 0 Å². The van der Waals surface area contributed by atoms with Crippen molar-refractivity contribution in [3.05, 3.63) is 153 Å². The smallest absolute Gasteiger partial charge is 0.335 e. The lowest BCUT2D eigenvalue weighted by Gasteiger charge is -2.57. The summed E-state index contributed by atoms with van der Waals surface area (Å²) in [6, 6.07) is 36.2. The van der Waals surface area contributed by atoms with Crippen molar-refractivity contribution in [2.45, 2.75) is 363 Å². The second kappa shape index (κ2) is 50.1. The number of ketones is 1. The summed E-state index contributed by atoms with van der Waals surface area (Å²) in [7, 11) is 0. The van der Waals surface area contributed by atoms with E-state index in [4.69, 9.17) is 0 Å². The van der Waals surface area contributed by atoms with Gasteiger partial charge in [-0.15, -0.1) is 47.0 Å². The second-order valence-corrected chi connectivity index (χ2v) is 35.5. The number of thioether (sulfide) groups is 4. The molecule has 0 spiro atoms. The summed E-state index contributed by atoms with van der Waals surface area (Å²) in [6.45, 7) is 81.8. The Morgan fingerprint density at radius 3 is 1.22 bits per heavy atom. The molecule has 6 unspecified atom stereocenters. The normalized spacial score (nSPS) is 16.3. The van der Waals surface area contributed by atoms with Gasteiger partial charge in [0.25, 0.3) is 0 Å². The van der Waals surface area contributed by atoms with Gasteiger partial charge < -0.3 is 10.2 Å². The lowest BCUT2D eigenvalue weighted by molar-refractivity contribution is -0.120. The minimum absolute atomic E-state index is 0. The average molecular weight is 1440 g/mol. The largest absolute Gasteiger partial charge is 0.478 e. The first-order valence-electron chi connectivity index (χ1n) is 35.4. The first-order valence-corrected chi connectivity index (χ1v) is 38.7. The third-order valence-corrected chi connectivity index (χ3v) is 25.6. The van der Waals surface area contributed by atoms with Crippen LogP contribution in [0.2, 0.25) is 0 Å². The maximum absolute atomic E-state index is 11.4. The van der Waals surface area contributed by atoms with Crippen LogP contribution in [0.5, 0.6) is 0 Å². The number of hydrogen-bond acceptors (Lipinski definition) is 7. The molecule has 7 rings (SSSR count). The van der Waals surface area contributed by atoms with Crippen LogP contribution >= 0.6 is 47.0 Å². The number of hydrogen-bond donors (Lipinski definition) is 2. The van der Waals surface area contributed by atoms with Gasteiger partial charge in [-0.3, -0.25) is 4.79 Å². The molecule has 6 atom stereocenters. The topological polar surface area (TPSA) is 74.6 Å². The summed E-state index contributed by atoms with van der Waals surface area (Å²) >= 11 is 7.65. The summed E-state index contributed by atoms with van der Waals surface area (Å²) in [5.74, 6) is 2.60. The van der Waals surface area contributed by atoms with E-state index in [-0.39, 0.29) is 86.6 Å². The van der Waals surface area contributed by atoms with Gasteiger partial charge in [0.15, 0.2) is 0 Å². The van der Waals surface area contributed by atoms with Crippen molar-refractivity contribution in [3.63, 3.8) is 0 Å². The molecular weight excluding hydrogens is 1270 g/mol. The number of fused-ring (bicyclic) bond motifs is 2. The highest BCUT2D eigenvalue weighted by Crippen LogP contribution is 2.59. The molecule has 5 aromatic carbocycles. The number of carboxylic acid groups (broad SMARTS) is 1. The Kier molecular flexibility index (Phi) is 56.5. The number of carboxylic acids is 1. The van der Waals surface area contributed by atoms with Crippen LogP contribution in [0.4, 0.5) is 0 Å². The molecule has 0 fully saturated rings. The van der Waals surface area contributed by atoms with E-state index in [1.807, 2.05) is 131 Å². The van der Waals surface area contributed by atoms with Crippen LogP contribution in [0, 0.1) is 75.0 Å². The SMILES string of the molecule is C.C.C.C.C.CC.CC.CC.CC.CC.CC(=O)C(C)C(C)(C)Sc1cccc(C)c1.Cc1c(C(=O)O)ccc2c1C(C)(C)C(C)(C)C(C)(C)C2.Cc1cccc(SC(C)(C)C(C)C(C)C)c1.Cc1cccc(SC(C)(C)C(C)C(C)O)c1.Cc1cccc2c1C(C)C(C)C(C)(C)S2. The van der Waals surface area contributed by atoms with E-state index in [2.05, 4.69) is 257 Å². The number of benzene rings is 5. The first-order chi connectivity index (χ1) is 42.8. The number of carbonyl (C=O) groups excluding carboxylic acids is 1. The molecule has 1 aliphatic carbocycles. The van der Waals surface area contributed by atoms with Gasteiger partial charge in [-0.2, -0.15) is 0 Å². The highest BCUT2D eigenvalue weighted by Gasteiger charge is 2.53. The quantitative estimate of drug-likeness (QED) is 0.113. The average Bonchev–Trinajstić information content (AvgIpc) is 0.713. The fourth-order valence-electron chi connectivity index (χ4n) is 11.5. The number of Topliss-reactive ketones (excluding diaryl/α,β-unsaturated/α-hetero) is 1. The van der Waals surface area contributed by atoms with Crippen molar-refractivity contribution >= 4 is 58.8 Å². The molecule has 0 aromatic heterocycles. The maximum atomic E-state index is 11.4. The van der Waals surface area contributed by atoms with Crippen LogP contribution in [0.25, 0.3) is 0 Å². The molecular formula is C90H162O4S4. The van der Waals surface area contributed by atoms with Gasteiger partial charge in [-0.1, -0.05) is 295 Å². The molecule has 0 amide bonds. The zero-order chi connectivity index (χ0) is 73.8. The Balaban J connectivity index is -0.000000165. The lowest BCUT2D eigenvalue weighted by atomic mass is 9.47. The monoisotopic (exact) mass is 1440 g/mol. The van der Waals surface area contributed by atoms with Gasteiger partial charge in [0.2, 0.25) is 0 Å². The standard InChI is InChI=1S/C18H26O2.C15H24S.C14H22OS.C14H20OS.C14H20S.5C2H6.5CH4/c1-11-13(15(19)20)9-8-12-10-16(2,3)18(6,7)17(4,5)14(11)12;1-11(2)13(4)15(5,6)16-14-9-7-8-12(3)10-14;2*1-10-7-6-8-13(9-10)16-14(4,5)11(2)12(3)15;1-9-7-6-8-12-13(9)10(2)11(3)14(4,5)15-12;5*1-2;;;;;/h8-9H,10H2,1-7H3,(H,19,20);7-11,13H,1-6H3;6-9,11-12,15H,1-5H3;6-9,11H,1-5H3;6-8,10-11H,1-5H3;5*1-2H3;5*1H4. The van der Waals surface area contributed by atoms with Crippen LogP contribution in [0.3, 0.4) is 0 Å². The molecule has 5 aromatic rings. The van der Waals surface area contributed by atoms with Crippen LogP contribution in [-0.4, -0.2) is 47.1 Å². The Morgan fingerprint density at radius 2 is 0.888 bits per heavy atom. The molecule has 0 saturated carbocycles. The number of rotatable bonds is 13. The second-order valence-electron chi connectivity index (χ2n) is 28.6. The summed E-state index contributed by atoms with van der Waals surface area (Å²) in [4.78, 5) is 28.2. The van der Waals surface area contributed by atoms with Crippen LogP contribution in [0.15, 0.2) is 123 Å². The highest BCUT2D eigenvalue weighted by atomic mass is 32.2. The van der Waals surface area contributed by atoms with Crippen LogP contribution in [0.1, 0.15) is 326 Å². The van der Waals surface area contributed by atoms with E-state index in [9.17, 15) is 19.8 Å². The van der Waals surface area contributed by atoms with Crippen molar-refractivity contribution in [1.29, 1.82) is 0 Å². The molecule has 0 saturated heterocycles. The van der Waals surface area contributed by atoms with E-state index in [1.54, 1.807) is 30.3 Å². The molecule has 1 heterocycles. The number of aromatic carboxylic acids is 1. The molecule has 0 bridgehead atoms. The number of aliphatic hydroxyl groups is 1. The van der Waals surface area contributed by atoms with Gasteiger partial charge >= 0.3 is 5.97 Å². The minimum atomic E-state index is -0.830. The number of aryl methyl sites for hydroxylation is 4. The third kappa shape index (κ3) is 32.5. The van der Waals surface area contributed by atoms with Gasteiger partial charge in [0.1, 0.15) is 5.78 Å². The van der Waals surface area contributed by atoms with Crippen LogP contribution in [-0.2, 0) is 16.6 Å². The van der Waals surface area contributed by atoms with Gasteiger partial charge in [-0.25, -0.2) is 4.79 Å². The Labute approximate surface area is 630 Å². The fraction of sp³-hybridized carbons (Fsp3) is 0.644. The van der Waals surface area contributed by atoms with Crippen molar-refractivity contribution in [2.75, 3.05) is 0 Å². The van der Waals surface area contributed by atoms with Crippen molar-refractivity contribution in [2.24, 2.45) is 40.4 Å². The molecule has 2 N–H and O–H groups in total. The lowest BCUT2D eigenvalue weighted by Crippen LogP contribution is -2.52. The van der Waals surface area contributed by atoms with E-state index < -0.39 is 5.97 Å². The number of aliphatic hydroxyl groups excluding tert-OH is 1. The van der Waals surface area contributed by atoms with E-state index in [1.165, 1.54) is 53.0 Å². The molecule has 0 radical (unpaired) electrons. The Hall–Kier alpha value is -3.40. The Morgan fingerprint density at radius 1 is 0.531 bits per heavy atom. The predicted molar refractivity (Wildman–Crippen MR) is 460 cm³/mol. The molecule has 4 nitrogen and oxygen atoms in total. The van der Waals surface area contributed by atoms with Crippen molar-refractivity contribution in [1.82, 2.24) is 0 Å². The van der Waals surface area contributed by atoms with Crippen molar-refractivity contribution < 1.29 is 19.8 Å². The third-order valence-electron chi connectivity index (χ3n) is 19.9. The highest BCUT2D eigenvalue weighted by molar-refractivity contribution is 8.01. The first kappa shape index (κ1) is 111. The minimum Gasteiger partial charge on any atom is -0.478 e. The van der Waals surface area contributed by atoms with Gasteiger partial charge in [0, 0.05) is 44.5 Å². The number of carbonyl (C=O) groups is 2. The zero-order valence-electron chi connectivity index (χ0n) is 66.9. The molecule has 8 heteroatoms. The molecule has 2 aliphatic rings.